The maximum Gasteiger partial charge on any atom is 0.168 e. The summed E-state index contributed by atoms with van der Waals surface area (Å²) in [5, 5.41) is 0. The molecule has 0 saturated heterocycles. The lowest BCUT2D eigenvalue weighted by atomic mass is 10.2. The highest BCUT2D eigenvalue weighted by Crippen LogP contribution is 2.25. The van der Waals surface area contributed by atoms with Crippen LogP contribution in [-0.4, -0.2) is 15.0 Å². The quantitative estimate of drug-likeness (QED) is 0.797. The number of rotatable bonds is 4. The average molecular weight is 278 g/mol. The van der Waals surface area contributed by atoms with Crippen LogP contribution in [-0.2, 0) is 5.88 Å². The standard InChI is InChI=1S/C14H16ClN3O/c1-9(2)14-17-8-13(12(6-15)18-14)19-11-5-4-10(3)16-7-11/h4-5,7-9H,6H2,1-3H3. The summed E-state index contributed by atoms with van der Waals surface area (Å²) < 4.78 is 5.72. The van der Waals surface area contributed by atoms with Gasteiger partial charge in [-0.25, -0.2) is 9.97 Å². The molecule has 0 bridgehead atoms. The third kappa shape index (κ3) is 3.41. The van der Waals surface area contributed by atoms with Crippen molar-refractivity contribution in [3.63, 3.8) is 0 Å². The highest BCUT2D eigenvalue weighted by Gasteiger charge is 2.11. The van der Waals surface area contributed by atoms with Gasteiger partial charge in [-0.15, -0.1) is 11.6 Å². The lowest BCUT2D eigenvalue weighted by molar-refractivity contribution is 0.467. The van der Waals surface area contributed by atoms with Crippen molar-refractivity contribution in [2.75, 3.05) is 0 Å². The summed E-state index contributed by atoms with van der Waals surface area (Å²) in [4.78, 5) is 12.9. The summed E-state index contributed by atoms with van der Waals surface area (Å²) in [7, 11) is 0. The number of pyridine rings is 1. The summed E-state index contributed by atoms with van der Waals surface area (Å²) in [6.45, 7) is 6.00. The van der Waals surface area contributed by atoms with Crippen LogP contribution in [0.1, 0.15) is 37.0 Å². The van der Waals surface area contributed by atoms with E-state index in [1.165, 1.54) is 0 Å². The molecule has 2 rings (SSSR count). The number of alkyl halides is 1. The second kappa shape index (κ2) is 5.97. The molecular formula is C14H16ClN3O. The van der Waals surface area contributed by atoms with Gasteiger partial charge in [0.15, 0.2) is 5.75 Å². The van der Waals surface area contributed by atoms with Gasteiger partial charge in [-0.05, 0) is 19.1 Å². The van der Waals surface area contributed by atoms with Crippen LogP contribution in [0.15, 0.2) is 24.5 Å². The molecule has 0 radical (unpaired) electrons. The minimum Gasteiger partial charge on any atom is -0.452 e. The zero-order valence-corrected chi connectivity index (χ0v) is 12.0. The van der Waals surface area contributed by atoms with Gasteiger partial charge in [-0.2, -0.15) is 0 Å². The fourth-order valence-corrected chi connectivity index (χ4v) is 1.71. The Labute approximate surface area is 117 Å². The molecule has 0 atom stereocenters. The van der Waals surface area contributed by atoms with Crippen molar-refractivity contribution < 1.29 is 4.74 Å². The Hall–Kier alpha value is -1.68. The van der Waals surface area contributed by atoms with E-state index in [1.807, 2.05) is 32.9 Å². The van der Waals surface area contributed by atoms with Crippen molar-refractivity contribution in [2.45, 2.75) is 32.6 Å². The third-order valence-electron chi connectivity index (χ3n) is 2.60. The first-order valence-electron chi connectivity index (χ1n) is 6.12. The molecule has 0 N–H and O–H groups in total. The SMILES string of the molecule is Cc1ccc(Oc2cnc(C(C)C)nc2CCl)cn1. The van der Waals surface area contributed by atoms with E-state index in [2.05, 4.69) is 15.0 Å². The molecule has 0 unspecified atom stereocenters. The van der Waals surface area contributed by atoms with Gasteiger partial charge in [0.25, 0.3) is 0 Å². The summed E-state index contributed by atoms with van der Waals surface area (Å²) >= 11 is 5.91. The number of nitrogens with zero attached hydrogens (tertiary/aromatic N) is 3. The highest BCUT2D eigenvalue weighted by atomic mass is 35.5. The van der Waals surface area contributed by atoms with Crippen molar-refractivity contribution in [1.82, 2.24) is 15.0 Å². The number of aromatic nitrogens is 3. The van der Waals surface area contributed by atoms with Crippen LogP contribution < -0.4 is 4.74 Å². The van der Waals surface area contributed by atoms with E-state index in [1.54, 1.807) is 12.4 Å². The van der Waals surface area contributed by atoms with E-state index >= 15 is 0 Å². The van der Waals surface area contributed by atoms with Gasteiger partial charge in [-0.1, -0.05) is 13.8 Å². The molecule has 5 heteroatoms. The fourth-order valence-electron chi connectivity index (χ4n) is 1.52. The third-order valence-corrected chi connectivity index (χ3v) is 2.86. The molecule has 2 aromatic rings. The van der Waals surface area contributed by atoms with Crippen LogP contribution >= 0.6 is 11.6 Å². The van der Waals surface area contributed by atoms with Crippen molar-refractivity contribution in [2.24, 2.45) is 0 Å². The average Bonchev–Trinajstić information content (AvgIpc) is 2.41. The summed E-state index contributed by atoms with van der Waals surface area (Å²) in [5.41, 5.74) is 1.64. The predicted molar refractivity (Wildman–Crippen MR) is 74.7 cm³/mol. The molecule has 0 aliphatic carbocycles. The molecule has 2 aromatic heterocycles. The lowest BCUT2D eigenvalue weighted by Crippen LogP contribution is -2.02. The Morgan fingerprint density at radius 3 is 2.58 bits per heavy atom. The zero-order valence-electron chi connectivity index (χ0n) is 11.2. The molecule has 0 amide bonds. The van der Waals surface area contributed by atoms with Crippen LogP contribution in [0.3, 0.4) is 0 Å². The molecule has 100 valence electrons. The van der Waals surface area contributed by atoms with Crippen LogP contribution in [0.2, 0.25) is 0 Å². The first kappa shape index (κ1) is 13.7. The molecule has 0 aliphatic heterocycles. The minimum absolute atomic E-state index is 0.261. The number of hydrogen-bond donors (Lipinski definition) is 0. The molecule has 0 fully saturated rings. The monoisotopic (exact) mass is 277 g/mol. The van der Waals surface area contributed by atoms with E-state index < -0.39 is 0 Å². The van der Waals surface area contributed by atoms with Crippen LogP contribution in [0.25, 0.3) is 0 Å². The topological polar surface area (TPSA) is 47.9 Å². The molecule has 0 spiro atoms. The molecular weight excluding hydrogens is 262 g/mol. The summed E-state index contributed by atoms with van der Waals surface area (Å²) in [6.07, 6.45) is 3.34. The van der Waals surface area contributed by atoms with Crippen molar-refractivity contribution in [3.05, 3.63) is 41.7 Å². The first-order valence-corrected chi connectivity index (χ1v) is 6.66. The largest absolute Gasteiger partial charge is 0.452 e. The lowest BCUT2D eigenvalue weighted by Gasteiger charge is -2.11. The van der Waals surface area contributed by atoms with E-state index in [0.717, 1.165) is 11.5 Å². The van der Waals surface area contributed by atoms with Crippen LogP contribution in [0.4, 0.5) is 0 Å². The number of halogens is 1. The summed E-state index contributed by atoms with van der Waals surface area (Å²) in [6, 6.07) is 3.75. The second-order valence-electron chi connectivity index (χ2n) is 4.56. The number of ether oxygens (including phenoxy) is 1. The Morgan fingerprint density at radius 1 is 1.21 bits per heavy atom. The Bertz CT molecular complexity index is 555. The number of hydrogen-bond acceptors (Lipinski definition) is 4. The van der Waals surface area contributed by atoms with E-state index in [-0.39, 0.29) is 11.8 Å². The van der Waals surface area contributed by atoms with Gasteiger partial charge >= 0.3 is 0 Å². The zero-order chi connectivity index (χ0) is 13.8. The second-order valence-corrected chi connectivity index (χ2v) is 4.83. The van der Waals surface area contributed by atoms with Gasteiger partial charge < -0.3 is 4.74 Å². The normalized spacial score (nSPS) is 10.8. The Kier molecular flexibility index (Phi) is 4.32. The number of aryl methyl sites for hydroxylation is 1. The molecule has 19 heavy (non-hydrogen) atoms. The van der Waals surface area contributed by atoms with Crippen LogP contribution in [0, 0.1) is 6.92 Å². The van der Waals surface area contributed by atoms with Gasteiger partial charge in [0.2, 0.25) is 0 Å². The van der Waals surface area contributed by atoms with Crippen LogP contribution in [0.5, 0.6) is 11.5 Å². The summed E-state index contributed by atoms with van der Waals surface area (Å²) in [5.74, 6) is 2.54. The van der Waals surface area contributed by atoms with E-state index in [0.29, 0.717) is 17.2 Å². The van der Waals surface area contributed by atoms with Crippen molar-refractivity contribution in [3.8, 4) is 11.5 Å². The fraction of sp³-hybridized carbons (Fsp3) is 0.357. The maximum atomic E-state index is 5.91. The van der Waals surface area contributed by atoms with Gasteiger partial charge in [0.05, 0.1) is 18.3 Å². The van der Waals surface area contributed by atoms with E-state index in [4.69, 9.17) is 16.3 Å². The molecule has 4 nitrogen and oxygen atoms in total. The molecule has 0 saturated carbocycles. The van der Waals surface area contributed by atoms with Crippen molar-refractivity contribution in [1.29, 1.82) is 0 Å². The molecule has 0 aliphatic rings. The first-order chi connectivity index (χ1) is 9.10. The van der Waals surface area contributed by atoms with Gasteiger partial charge in [-0.3, -0.25) is 4.98 Å². The minimum atomic E-state index is 0.261. The predicted octanol–water partition coefficient (Wildman–Crippen LogP) is 3.83. The molecule has 2 heterocycles. The van der Waals surface area contributed by atoms with Crippen molar-refractivity contribution >= 4 is 11.6 Å². The van der Waals surface area contributed by atoms with Gasteiger partial charge in [0, 0.05) is 11.6 Å². The maximum absolute atomic E-state index is 5.91. The van der Waals surface area contributed by atoms with Gasteiger partial charge in [0.1, 0.15) is 17.3 Å². The smallest absolute Gasteiger partial charge is 0.168 e. The highest BCUT2D eigenvalue weighted by molar-refractivity contribution is 6.17. The Morgan fingerprint density at radius 2 is 2.00 bits per heavy atom. The molecule has 0 aromatic carbocycles. The Balaban J connectivity index is 2.27. The van der Waals surface area contributed by atoms with E-state index in [9.17, 15) is 0 Å².